The van der Waals surface area contributed by atoms with Crippen molar-refractivity contribution in [1.82, 2.24) is 15.1 Å². The Morgan fingerprint density at radius 1 is 1.33 bits per heavy atom. The third-order valence-electron chi connectivity index (χ3n) is 4.88. The molecule has 1 saturated carbocycles. The van der Waals surface area contributed by atoms with Gasteiger partial charge in [-0.2, -0.15) is 5.10 Å². The van der Waals surface area contributed by atoms with Gasteiger partial charge in [-0.15, -0.1) is 0 Å². The van der Waals surface area contributed by atoms with Crippen molar-refractivity contribution in [2.45, 2.75) is 89.6 Å². The number of rotatable bonds is 5. The molecule has 0 amide bonds. The summed E-state index contributed by atoms with van der Waals surface area (Å²) in [6, 6.07) is 2.61. The first-order chi connectivity index (χ1) is 10.2. The fraction of sp³-hybridized carbons (Fsp3) is 0.824. The maximum absolute atomic E-state index is 6.42. The summed E-state index contributed by atoms with van der Waals surface area (Å²) in [6.07, 6.45) is 11.5. The SMILES string of the molecule is CC(C)NCc1ccn(CC2CCC3(CCCCC3)O2)n1. The van der Waals surface area contributed by atoms with E-state index in [9.17, 15) is 0 Å². The molecule has 118 valence electrons. The van der Waals surface area contributed by atoms with Crippen LogP contribution in [0, 0.1) is 0 Å². The summed E-state index contributed by atoms with van der Waals surface area (Å²) in [5, 5.41) is 8.06. The molecule has 1 unspecified atom stereocenters. The van der Waals surface area contributed by atoms with Gasteiger partial charge in [0.1, 0.15) is 0 Å². The average Bonchev–Trinajstić information content (AvgIpc) is 3.06. The number of ether oxygens (including phenoxy) is 1. The van der Waals surface area contributed by atoms with Crippen LogP contribution in [0.1, 0.15) is 64.5 Å². The summed E-state index contributed by atoms with van der Waals surface area (Å²) in [4.78, 5) is 0. The Morgan fingerprint density at radius 3 is 2.90 bits per heavy atom. The average molecular weight is 291 g/mol. The second-order valence-electron chi connectivity index (χ2n) is 7.09. The van der Waals surface area contributed by atoms with Gasteiger partial charge in [-0.25, -0.2) is 0 Å². The fourth-order valence-electron chi connectivity index (χ4n) is 3.70. The first-order valence-electron chi connectivity index (χ1n) is 8.59. The number of nitrogens with zero attached hydrogens (tertiary/aromatic N) is 2. The fourth-order valence-corrected chi connectivity index (χ4v) is 3.70. The van der Waals surface area contributed by atoms with Gasteiger partial charge in [0.25, 0.3) is 0 Å². The first-order valence-corrected chi connectivity index (χ1v) is 8.59. The summed E-state index contributed by atoms with van der Waals surface area (Å²) in [5.74, 6) is 0. The molecule has 4 nitrogen and oxygen atoms in total. The highest BCUT2D eigenvalue weighted by atomic mass is 16.5. The molecule has 1 N–H and O–H groups in total. The molecule has 2 fully saturated rings. The van der Waals surface area contributed by atoms with Crippen LogP contribution in [0.3, 0.4) is 0 Å². The van der Waals surface area contributed by atoms with Crippen molar-refractivity contribution in [3.05, 3.63) is 18.0 Å². The molecule has 1 aliphatic heterocycles. The minimum absolute atomic E-state index is 0.220. The lowest BCUT2D eigenvalue weighted by atomic mass is 9.83. The van der Waals surface area contributed by atoms with E-state index >= 15 is 0 Å². The van der Waals surface area contributed by atoms with Crippen LogP contribution in [-0.2, 0) is 17.8 Å². The van der Waals surface area contributed by atoms with Crippen LogP contribution >= 0.6 is 0 Å². The van der Waals surface area contributed by atoms with E-state index in [4.69, 9.17) is 4.74 Å². The van der Waals surface area contributed by atoms with E-state index in [1.54, 1.807) is 0 Å². The van der Waals surface area contributed by atoms with E-state index in [1.807, 2.05) is 0 Å². The quantitative estimate of drug-likeness (QED) is 0.905. The predicted octanol–water partition coefficient (Wildman–Crippen LogP) is 3.26. The smallest absolute Gasteiger partial charge is 0.0779 e. The van der Waals surface area contributed by atoms with Gasteiger partial charge in [-0.1, -0.05) is 33.1 Å². The Morgan fingerprint density at radius 2 is 2.14 bits per heavy atom. The molecule has 1 atom stereocenters. The molecular weight excluding hydrogens is 262 g/mol. The highest BCUT2D eigenvalue weighted by Gasteiger charge is 2.40. The lowest BCUT2D eigenvalue weighted by Gasteiger charge is -2.33. The van der Waals surface area contributed by atoms with Crippen LogP contribution in [0.5, 0.6) is 0 Å². The Balaban J connectivity index is 1.51. The van der Waals surface area contributed by atoms with Crippen LogP contribution in [0.15, 0.2) is 12.3 Å². The van der Waals surface area contributed by atoms with E-state index in [0.29, 0.717) is 12.1 Å². The van der Waals surface area contributed by atoms with E-state index in [2.05, 4.69) is 41.2 Å². The van der Waals surface area contributed by atoms with Gasteiger partial charge >= 0.3 is 0 Å². The van der Waals surface area contributed by atoms with Gasteiger partial charge in [0.2, 0.25) is 0 Å². The summed E-state index contributed by atoms with van der Waals surface area (Å²) < 4.78 is 8.48. The molecule has 1 saturated heterocycles. The normalized spacial score (nSPS) is 25.0. The maximum Gasteiger partial charge on any atom is 0.0779 e. The molecule has 1 aromatic heterocycles. The number of hydrogen-bond acceptors (Lipinski definition) is 3. The van der Waals surface area contributed by atoms with Crippen molar-refractivity contribution >= 4 is 0 Å². The molecule has 0 bridgehead atoms. The molecule has 2 heterocycles. The molecule has 0 radical (unpaired) electrons. The topological polar surface area (TPSA) is 39.1 Å². The summed E-state index contributed by atoms with van der Waals surface area (Å²) in [5.41, 5.74) is 1.34. The highest BCUT2D eigenvalue weighted by Crippen LogP contribution is 2.42. The van der Waals surface area contributed by atoms with Crippen molar-refractivity contribution in [3.63, 3.8) is 0 Å². The molecule has 4 heteroatoms. The summed E-state index contributed by atoms with van der Waals surface area (Å²) in [7, 11) is 0. The van der Waals surface area contributed by atoms with Gasteiger partial charge in [0, 0.05) is 18.8 Å². The van der Waals surface area contributed by atoms with Crippen LogP contribution in [0.4, 0.5) is 0 Å². The second-order valence-corrected chi connectivity index (χ2v) is 7.09. The zero-order valence-electron chi connectivity index (χ0n) is 13.5. The molecule has 0 aromatic carbocycles. The number of hydrogen-bond donors (Lipinski definition) is 1. The van der Waals surface area contributed by atoms with E-state index in [0.717, 1.165) is 18.8 Å². The molecule has 21 heavy (non-hydrogen) atoms. The monoisotopic (exact) mass is 291 g/mol. The zero-order valence-corrected chi connectivity index (χ0v) is 13.5. The molecule has 1 spiro atoms. The van der Waals surface area contributed by atoms with Gasteiger partial charge < -0.3 is 10.1 Å². The van der Waals surface area contributed by atoms with Gasteiger partial charge in [0.15, 0.2) is 0 Å². The second kappa shape index (κ2) is 6.49. The Kier molecular flexibility index (Phi) is 4.65. The van der Waals surface area contributed by atoms with E-state index in [-0.39, 0.29) is 5.60 Å². The Labute approximate surface area is 128 Å². The van der Waals surface area contributed by atoms with Gasteiger partial charge in [-0.05, 0) is 31.7 Å². The summed E-state index contributed by atoms with van der Waals surface area (Å²) >= 11 is 0. The van der Waals surface area contributed by atoms with E-state index in [1.165, 1.54) is 44.9 Å². The van der Waals surface area contributed by atoms with Crippen molar-refractivity contribution < 1.29 is 4.74 Å². The molecule has 1 aliphatic carbocycles. The van der Waals surface area contributed by atoms with Crippen molar-refractivity contribution in [2.75, 3.05) is 0 Å². The predicted molar refractivity (Wildman–Crippen MR) is 84.1 cm³/mol. The lowest BCUT2D eigenvalue weighted by molar-refractivity contribution is -0.0688. The molecule has 1 aromatic rings. The maximum atomic E-state index is 6.42. The highest BCUT2D eigenvalue weighted by molar-refractivity contribution is 4.99. The number of nitrogens with one attached hydrogen (secondary N) is 1. The van der Waals surface area contributed by atoms with Crippen LogP contribution in [0.25, 0.3) is 0 Å². The Hall–Kier alpha value is -0.870. The van der Waals surface area contributed by atoms with Crippen LogP contribution < -0.4 is 5.32 Å². The molecular formula is C17H29N3O. The first kappa shape index (κ1) is 15.0. The third-order valence-corrected chi connectivity index (χ3v) is 4.88. The zero-order chi connectivity index (χ0) is 14.7. The van der Waals surface area contributed by atoms with E-state index < -0.39 is 0 Å². The van der Waals surface area contributed by atoms with Crippen molar-refractivity contribution in [3.8, 4) is 0 Å². The number of aromatic nitrogens is 2. The van der Waals surface area contributed by atoms with Gasteiger partial charge in [0.05, 0.1) is 23.9 Å². The van der Waals surface area contributed by atoms with Crippen molar-refractivity contribution in [1.29, 1.82) is 0 Å². The molecule has 3 rings (SSSR count). The lowest BCUT2D eigenvalue weighted by Crippen LogP contribution is -2.32. The molecule has 2 aliphatic rings. The summed E-state index contributed by atoms with van der Waals surface area (Å²) in [6.45, 7) is 6.07. The van der Waals surface area contributed by atoms with Crippen LogP contribution in [-0.4, -0.2) is 27.5 Å². The largest absolute Gasteiger partial charge is 0.370 e. The van der Waals surface area contributed by atoms with Crippen LogP contribution in [0.2, 0.25) is 0 Å². The third kappa shape index (κ3) is 3.86. The van der Waals surface area contributed by atoms with Crippen molar-refractivity contribution in [2.24, 2.45) is 0 Å². The Bertz CT molecular complexity index is 449. The minimum Gasteiger partial charge on any atom is -0.370 e. The standard InChI is InChI=1S/C17H29N3O/c1-14(2)18-12-15-7-11-20(19-15)13-16-6-10-17(21-16)8-4-3-5-9-17/h7,11,14,16,18H,3-6,8-10,12-13H2,1-2H3. The van der Waals surface area contributed by atoms with Gasteiger partial charge in [-0.3, -0.25) is 4.68 Å². The minimum atomic E-state index is 0.220.